The Labute approximate surface area is 188 Å². The number of hydrogen-bond acceptors (Lipinski definition) is 2. The van der Waals surface area contributed by atoms with Gasteiger partial charge >= 0.3 is 0 Å². The summed E-state index contributed by atoms with van der Waals surface area (Å²) in [6.45, 7) is 27.3. The molecule has 0 bridgehead atoms. The first-order chi connectivity index (χ1) is 12.4. The highest BCUT2D eigenvalue weighted by Gasteiger charge is 2.34. The van der Waals surface area contributed by atoms with Gasteiger partial charge in [-0.1, -0.05) is 79.6 Å². The molecule has 0 aromatic heterocycles. The van der Waals surface area contributed by atoms with Gasteiger partial charge in [-0.3, -0.25) is 0 Å². The minimum atomic E-state index is -1.40. The maximum atomic E-state index is 3.46. The van der Waals surface area contributed by atoms with Gasteiger partial charge in [0.05, 0.1) is 0 Å². The molecule has 0 aromatic rings. The molecular formula is C24H44S2Si2. The molecule has 4 heteroatoms. The summed E-state index contributed by atoms with van der Waals surface area (Å²) in [7, 11) is -2.80. The molecule has 0 aliphatic heterocycles. The van der Waals surface area contributed by atoms with Crippen molar-refractivity contribution in [2.45, 2.75) is 91.7 Å². The van der Waals surface area contributed by atoms with E-state index >= 15 is 0 Å². The van der Waals surface area contributed by atoms with Crippen LogP contribution >= 0.6 is 23.5 Å². The molecule has 0 rings (SSSR count). The van der Waals surface area contributed by atoms with Gasteiger partial charge in [-0.2, -0.15) is 0 Å². The van der Waals surface area contributed by atoms with E-state index in [1.165, 1.54) is 9.81 Å². The minimum Gasteiger partial charge on any atom is -0.134 e. The van der Waals surface area contributed by atoms with E-state index in [1.54, 1.807) is 23.5 Å². The van der Waals surface area contributed by atoms with Gasteiger partial charge < -0.3 is 0 Å². The lowest BCUT2D eigenvalue weighted by atomic mass is 10.2. The average molecular weight is 453 g/mol. The van der Waals surface area contributed by atoms with Gasteiger partial charge in [0.2, 0.25) is 0 Å². The van der Waals surface area contributed by atoms with Crippen LogP contribution in [-0.2, 0) is 0 Å². The molecule has 0 atom stereocenters. The first kappa shape index (κ1) is 29.9. The number of rotatable bonds is 2. The van der Waals surface area contributed by atoms with Crippen molar-refractivity contribution in [1.29, 1.82) is 0 Å². The lowest BCUT2D eigenvalue weighted by Crippen LogP contribution is -2.35. The van der Waals surface area contributed by atoms with E-state index in [0.29, 0.717) is 10.1 Å². The Kier molecular flexibility index (Phi) is 13.3. The molecule has 0 fully saturated rings. The molecule has 0 N–H and O–H groups in total. The molecule has 0 aliphatic carbocycles. The molecule has 0 saturated carbocycles. The second-order valence-corrected chi connectivity index (χ2v) is 22.3. The van der Waals surface area contributed by atoms with Gasteiger partial charge in [0.25, 0.3) is 0 Å². The molecule has 160 valence electrons. The maximum Gasteiger partial charge on any atom is 0.138 e. The summed E-state index contributed by atoms with van der Waals surface area (Å²) >= 11 is 3.51. The highest BCUT2D eigenvalue weighted by molar-refractivity contribution is 8.02. The van der Waals surface area contributed by atoms with Gasteiger partial charge in [0, 0.05) is 0 Å². The molecular weight excluding hydrogens is 409 g/mol. The van der Waals surface area contributed by atoms with Crippen molar-refractivity contribution in [2.24, 2.45) is 0 Å². The van der Waals surface area contributed by atoms with Gasteiger partial charge in [-0.05, 0) is 58.4 Å². The van der Waals surface area contributed by atoms with Crippen LogP contribution in [0.1, 0.15) is 55.4 Å². The molecule has 0 radical (unpaired) electrons. The normalized spacial score (nSPS) is 13.5. The predicted molar refractivity (Wildman–Crippen MR) is 144 cm³/mol. The van der Waals surface area contributed by atoms with Crippen LogP contribution in [0.25, 0.3) is 0 Å². The summed E-state index contributed by atoms with van der Waals surface area (Å²) < 4.78 is 0. The summed E-state index contributed by atoms with van der Waals surface area (Å²) in [6.07, 6.45) is 8.23. The quantitative estimate of drug-likeness (QED) is 0.304. The highest BCUT2D eigenvalue weighted by atomic mass is 32.2. The predicted octanol–water partition coefficient (Wildman–Crippen LogP) is 8.61. The van der Waals surface area contributed by atoms with Gasteiger partial charge in [-0.15, -0.1) is 34.6 Å². The van der Waals surface area contributed by atoms with E-state index in [0.717, 1.165) is 0 Å². The van der Waals surface area contributed by atoms with E-state index in [9.17, 15) is 0 Å². The summed E-state index contributed by atoms with van der Waals surface area (Å²) in [5, 5.41) is 0.724. The third kappa shape index (κ3) is 12.3. The van der Waals surface area contributed by atoms with Crippen LogP contribution in [0.3, 0.4) is 0 Å². The molecule has 0 amide bonds. The molecule has 0 heterocycles. The number of allylic oxidation sites excluding steroid dienone is 4. The third-order valence-corrected chi connectivity index (χ3v) is 16.3. The Hall–Kier alpha value is -0.266. The van der Waals surface area contributed by atoms with Crippen molar-refractivity contribution in [3.8, 4) is 22.9 Å². The van der Waals surface area contributed by atoms with Crippen molar-refractivity contribution in [3.63, 3.8) is 0 Å². The van der Waals surface area contributed by atoms with E-state index in [2.05, 4.69) is 117 Å². The molecule has 28 heavy (non-hydrogen) atoms. The Morgan fingerprint density at radius 3 is 1.07 bits per heavy atom. The maximum absolute atomic E-state index is 3.46. The van der Waals surface area contributed by atoms with E-state index in [4.69, 9.17) is 0 Å². The summed E-state index contributed by atoms with van der Waals surface area (Å²) in [5.41, 5.74) is 6.93. The Morgan fingerprint density at radius 2 is 0.893 bits per heavy atom. The lowest BCUT2D eigenvalue weighted by Gasteiger charge is -2.31. The summed E-state index contributed by atoms with van der Waals surface area (Å²) in [6, 6.07) is 0. The van der Waals surface area contributed by atoms with E-state index in [-0.39, 0.29) is 0 Å². The monoisotopic (exact) mass is 452 g/mol. The zero-order valence-electron chi connectivity index (χ0n) is 21.0. The highest BCUT2D eigenvalue weighted by Crippen LogP contribution is 2.35. The smallest absolute Gasteiger partial charge is 0.134 e. The van der Waals surface area contributed by atoms with Gasteiger partial charge in [-0.25, -0.2) is 0 Å². The molecule has 0 saturated heterocycles. The van der Waals surface area contributed by atoms with Crippen LogP contribution in [0.4, 0.5) is 0 Å². The van der Waals surface area contributed by atoms with Gasteiger partial charge in [0.15, 0.2) is 0 Å². The fraction of sp³-hybridized carbons (Fsp3) is 0.667. The minimum absolute atomic E-state index is 0.362. The largest absolute Gasteiger partial charge is 0.138 e. The molecule has 0 aliphatic rings. The fourth-order valence-electron chi connectivity index (χ4n) is 1.13. The standard InChI is InChI=1S/2C12H22SSi/c2*1-11(13-5)9-8-10-14(6,7)12(2,3)4/h2*9H,1-7H3/b2*11-9-. The van der Waals surface area contributed by atoms with Crippen molar-refractivity contribution in [2.75, 3.05) is 12.5 Å². The number of thioether (sulfide) groups is 2. The average Bonchev–Trinajstić information content (AvgIpc) is 2.52. The van der Waals surface area contributed by atoms with Crippen LogP contribution in [0.15, 0.2) is 22.0 Å². The molecule has 0 nitrogen and oxygen atoms in total. The Bertz CT molecular complexity index is 602. The van der Waals surface area contributed by atoms with E-state index in [1.807, 2.05) is 12.2 Å². The van der Waals surface area contributed by atoms with Crippen molar-refractivity contribution < 1.29 is 0 Å². The van der Waals surface area contributed by atoms with Crippen LogP contribution < -0.4 is 0 Å². The van der Waals surface area contributed by atoms with Crippen LogP contribution in [0, 0.1) is 22.9 Å². The van der Waals surface area contributed by atoms with Crippen LogP contribution in [-0.4, -0.2) is 28.7 Å². The molecule has 0 spiro atoms. The summed E-state index contributed by atoms with van der Waals surface area (Å²) in [4.78, 5) is 2.58. The zero-order valence-corrected chi connectivity index (χ0v) is 24.6. The van der Waals surface area contributed by atoms with Crippen LogP contribution in [0.5, 0.6) is 0 Å². The van der Waals surface area contributed by atoms with E-state index < -0.39 is 16.1 Å². The summed E-state index contributed by atoms with van der Waals surface area (Å²) in [5.74, 6) is 6.42. The Balaban J connectivity index is 0. The van der Waals surface area contributed by atoms with Crippen molar-refractivity contribution in [3.05, 3.63) is 22.0 Å². The molecule has 0 unspecified atom stereocenters. The first-order valence-corrected chi connectivity index (χ1v) is 18.3. The second kappa shape index (κ2) is 12.4. The SMILES string of the molecule is CS/C(C)=C\C#C[Si](C)(C)C(C)(C)C.CS/C(C)=C\C#C[Si](C)(C)C(C)(C)C. The topological polar surface area (TPSA) is 0 Å². The Morgan fingerprint density at radius 1 is 0.643 bits per heavy atom. The first-order valence-electron chi connectivity index (χ1n) is 9.88. The molecule has 0 aromatic carbocycles. The lowest BCUT2D eigenvalue weighted by molar-refractivity contribution is 0.730. The van der Waals surface area contributed by atoms with Crippen molar-refractivity contribution in [1.82, 2.24) is 0 Å². The number of hydrogen-bond donors (Lipinski definition) is 0. The zero-order chi connectivity index (χ0) is 22.8. The fourth-order valence-corrected chi connectivity index (χ4v) is 3.10. The van der Waals surface area contributed by atoms with Gasteiger partial charge in [0.1, 0.15) is 16.1 Å². The third-order valence-electron chi connectivity index (χ3n) is 5.71. The van der Waals surface area contributed by atoms with Crippen molar-refractivity contribution >= 4 is 39.7 Å². The van der Waals surface area contributed by atoms with Crippen LogP contribution in [0.2, 0.25) is 36.3 Å². The second-order valence-electron chi connectivity index (χ2n) is 10.2.